The van der Waals surface area contributed by atoms with E-state index < -0.39 is 29.2 Å². The van der Waals surface area contributed by atoms with Gasteiger partial charge in [0.2, 0.25) is 0 Å². The van der Waals surface area contributed by atoms with Gasteiger partial charge in [0.1, 0.15) is 0 Å². The summed E-state index contributed by atoms with van der Waals surface area (Å²) in [4.78, 5) is 11.2. The maximum absolute atomic E-state index is 11.2. The monoisotopic (exact) mass is 283 g/mol. The molecule has 1 saturated heterocycles. The van der Waals surface area contributed by atoms with Crippen LogP contribution >= 0.6 is 0 Å². The number of carboxylic acid groups (broad SMARTS) is 1. The van der Waals surface area contributed by atoms with E-state index in [-0.39, 0.29) is 5.92 Å². The van der Waals surface area contributed by atoms with Gasteiger partial charge in [-0.25, -0.2) is 0 Å². The van der Waals surface area contributed by atoms with Crippen LogP contribution in [0.5, 0.6) is 0 Å². The van der Waals surface area contributed by atoms with E-state index in [4.69, 9.17) is 4.74 Å². The molecule has 0 bridgehead atoms. The van der Waals surface area contributed by atoms with Gasteiger partial charge >= 0.3 is 0 Å². The van der Waals surface area contributed by atoms with Crippen molar-refractivity contribution < 1.29 is 19.7 Å². The molecule has 0 spiro atoms. The highest BCUT2D eigenvalue weighted by atomic mass is 16.5. The number of carbonyl (C=O) groups is 1. The predicted molar refractivity (Wildman–Crippen MR) is 73.9 cm³/mol. The summed E-state index contributed by atoms with van der Waals surface area (Å²) in [5.41, 5.74) is -1.43. The summed E-state index contributed by atoms with van der Waals surface area (Å²) in [6, 6.07) is 0. The number of hydrogen-bond donors (Lipinski definition) is 1. The molecule has 1 N–H and O–H groups in total. The van der Waals surface area contributed by atoms with E-state index in [0.29, 0.717) is 12.8 Å². The third kappa shape index (κ3) is 3.01. The van der Waals surface area contributed by atoms with Gasteiger partial charge in [-0.15, -0.1) is 0 Å². The van der Waals surface area contributed by atoms with Gasteiger partial charge in [-0.05, 0) is 52.4 Å². The first-order valence-electron chi connectivity index (χ1n) is 7.85. The van der Waals surface area contributed by atoms with Crippen molar-refractivity contribution in [3.05, 3.63) is 0 Å². The van der Waals surface area contributed by atoms with Crippen LogP contribution in [0.2, 0.25) is 0 Å². The topological polar surface area (TPSA) is 69.6 Å². The number of rotatable bonds is 3. The molecule has 4 nitrogen and oxygen atoms in total. The van der Waals surface area contributed by atoms with Crippen LogP contribution in [0.1, 0.15) is 65.7 Å². The molecule has 0 aromatic rings. The molecule has 1 aliphatic heterocycles. The average molecular weight is 283 g/mol. The van der Waals surface area contributed by atoms with Crippen molar-refractivity contribution in [2.75, 3.05) is 0 Å². The van der Waals surface area contributed by atoms with Crippen molar-refractivity contribution in [2.45, 2.75) is 83.0 Å². The highest BCUT2D eigenvalue weighted by Gasteiger charge is 2.49. The van der Waals surface area contributed by atoms with Gasteiger partial charge in [-0.3, -0.25) is 0 Å². The SMILES string of the molecule is CC1(C)O[C@@](C)([C@H](O)C2CCCCC2)CC[C@@H]1C(=O)[O-]. The lowest BCUT2D eigenvalue weighted by Gasteiger charge is -2.51. The molecule has 0 unspecified atom stereocenters. The van der Waals surface area contributed by atoms with E-state index in [2.05, 4.69) is 0 Å². The largest absolute Gasteiger partial charge is 0.550 e. The summed E-state index contributed by atoms with van der Waals surface area (Å²) in [6.07, 6.45) is 6.26. The molecule has 2 rings (SSSR count). The van der Waals surface area contributed by atoms with Crippen LogP contribution in [-0.4, -0.2) is 28.4 Å². The van der Waals surface area contributed by atoms with Gasteiger partial charge in [0.25, 0.3) is 0 Å². The van der Waals surface area contributed by atoms with Gasteiger partial charge in [0.05, 0.1) is 17.3 Å². The van der Waals surface area contributed by atoms with E-state index in [1.807, 2.05) is 6.92 Å². The summed E-state index contributed by atoms with van der Waals surface area (Å²) in [7, 11) is 0. The zero-order chi connectivity index (χ0) is 15.0. The fourth-order valence-corrected chi connectivity index (χ4v) is 4.06. The lowest BCUT2D eigenvalue weighted by atomic mass is 9.72. The molecule has 1 saturated carbocycles. The number of hydrogen-bond acceptors (Lipinski definition) is 4. The Kier molecular flexibility index (Phi) is 4.45. The molecular weight excluding hydrogens is 256 g/mol. The lowest BCUT2D eigenvalue weighted by Crippen LogP contribution is -2.59. The lowest BCUT2D eigenvalue weighted by molar-refractivity contribution is -0.328. The first-order chi connectivity index (χ1) is 9.26. The number of ether oxygens (including phenoxy) is 1. The molecule has 4 heteroatoms. The third-order valence-corrected chi connectivity index (χ3v) is 5.27. The Balaban J connectivity index is 2.09. The minimum absolute atomic E-state index is 0.282. The van der Waals surface area contributed by atoms with Crippen molar-refractivity contribution in [1.29, 1.82) is 0 Å². The molecule has 0 amide bonds. The molecule has 0 aromatic carbocycles. The van der Waals surface area contributed by atoms with Gasteiger partial charge in [-0.2, -0.15) is 0 Å². The second kappa shape index (κ2) is 5.64. The molecule has 2 fully saturated rings. The van der Waals surface area contributed by atoms with Crippen LogP contribution < -0.4 is 5.11 Å². The Morgan fingerprint density at radius 1 is 1.20 bits per heavy atom. The van der Waals surface area contributed by atoms with E-state index >= 15 is 0 Å². The molecule has 20 heavy (non-hydrogen) atoms. The zero-order valence-electron chi connectivity index (χ0n) is 12.9. The van der Waals surface area contributed by atoms with Gasteiger partial charge < -0.3 is 19.7 Å². The van der Waals surface area contributed by atoms with Crippen molar-refractivity contribution in [3.63, 3.8) is 0 Å². The van der Waals surface area contributed by atoms with Crippen LogP contribution in [0.4, 0.5) is 0 Å². The van der Waals surface area contributed by atoms with Crippen LogP contribution in [0.3, 0.4) is 0 Å². The molecule has 2 aliphatic rings. The smallest absolute Gasteiger partial charge is 0.0922 e. The van der Waals surface area contributed by atoms with Crippen LogP contribution in [0, 0.1) is 11.8 Å². The third-order valence-electron chi connectivity index (χ3n) is 5.27. The number of carbonyl (C=O) groups excluding carboxylic acids is 1. The maximum Gasteiger partial charge on any atom is 0.0922 e. The molecule has 0 aromatic heterocycles. The summed E-state index contributed by atoms with van der Waals surface area (Å²) >= 11 is 0. The predicted octanol–water partition coefficient (Wildman–Crippen LogP) is 1.64. The molecular formula is C16H27O4-. The van der Waals surface area contributed by atoms with Gasteiger partial charge in [0, 0.05) is 11.9 Å². The van der Waals surface area contributed by atoms with Crippen LogP contribution in [0.25, 0.3) is 0 Å². The number of aliphatic hydroxyl groups is 1. The first-order valence-corrected chi connectivity index (χ1v) is 7.85. The molecule has 0 radical (unpaired) electrons. The van der Waals surface area contributed by atoms with E-state index in [1.54, 1.807) is 13.8 Å². The molecule has 1 heterocycles. The number of carboxylic acids is 1. The fraction of sp³-hybridized carbons (Fsp3) is 0.938. The second-order valence-corrected chi connectivity index (χ2v) is 7.27. The summed E-state index contributed by atoms with van der Waals surface area (Å²) in [5, 5.41) is 21.9. The quantitative estimate of drug-likeness (QED) is 0.855. The Morgan fingerprint density at radius 3 is 2.30 bits per heavy atom. The minimum Gasteiger partial charge on any atom is -0.550 e. The van der Waals surface area contributed by atoms with Crippen LogP contribution in [0.15, 0.2) is 0 Å². The van der Waals surface area contributed by atoms with Gasteiger partial charge in [0.15, 0.2) is 0 Å². The Labute approximate surface area is 121 Å². The molecule has 1 aliphatic carbocycles. The zero-order valence-corrected chi connectivity index (χ0v) is 12.9. The summed E-state index contributed by atoms with van der Waals surface area (Å²) in [5.74, 6) is -1.37. The fourth-order valence-electron chi connectivity index (χ4n) is 4.06. The average Bonchev–Trinajstić information content (AvgIpc) is 2.37. The molecule has 116 valence electrons. The highest BCUT2D eigenvalue weighted by Crippen LogP contribution is 2.44. The van der Waals surface area contributed by atoms with Crippen molar-refractivity contribution in [3.8, 4) is 0 Å². The van der Waals surface area contributed by atoms with Crippen molar-refractivity contribution in [1.82, 2.24) is 0 Å². The second-order valence-electron chi connectivity index (χ2n) is 7.27. The minimum atomic E-state index is -1.05. The van der Waals surface area contributed by atoms with E-state index in [9.17, 15) is 15.0 Å². The van der Waals surface area contributed by atoms with Crippen molar-refractivity contribution >= 4 is 5.97 Å². The van der Waals surface area contributed by atoms with Crippen LogP contribution in [-0.2, 0) is 9.53 Å². The first kappa shape index (κ1) is 15.8. The standard InChI is InChI=1S/C16H28O4/c1-15(2)12(14(18)19)9-10-16(3,20-15)13(17)11-7-5-4-6-8-11/h11-13,17H,4-10H2,1-3H3,(H,18,19)/p-1/t12-,13-,16-/m1/s1. The molecule has 3 atom stereocenters. The number of aliphatic carboxylic acids is 1. The normalized spacial score (nSPS) is 36.5. The summed E-state index contributed by atoms with van der Waals surface area (Å²) in [6.45, 7) is 5.51. The maximum atomic E-state index is 11.2. The van der Waals surface area contributed by atoms with Crippen molar-refractivity contribution in [2.24, 2.45) is 11.8 Å². The van der Waals surface area contributed by atoms with Gasteiger partial charge in [-0.1, -0.05) is 19.3 Å². The highest BCUT2D eigenvalue weighted by molar-refractivity contribution is 5.69. The Bertz CT molecular complexity index is 359. The Hall–Kier alpha value is -0.610. The van der Waals surface area contributed by atoms with E-state index in [1.165, 1.54) is 19.3 Å². The number of aliphatic hydroxyl groups excluding tert-OH is 1. The van der Waals surface area contributed by atoms with E-state index in [0.717, 1.165) is 12.8 Å². The summed E-state index contributed by atoms with van der Waals surface area (Å²) < 4.78 is 6.08. The Morgan fingerprint density at radius 2 is 1.80 bits per heavy atom.